The van der Waals surface area contributed by atoms with Crippen molar-refractivity contribution in [2.75, 3.05) is 5.32 Å². The first-order valence-electron chi connectivity index (χ1n) is 7.80. The summed E-state index contributed by atoms with van der Waals surface area (Å²) < 4.78 is 12.9. The number of rotatable bonds is 7. The molecule has 2 heteroatoms. The lowest BCUT2D eigenvalue weighted by Gasteiger charge is -2.16. The van der Waals surface area contributed by atoms with Gasteiger partial charge in [-0.15, -0.1) is 0 Å². The average molecular weight is 285 g/mol. The third-order valence-electron chi connectivity index (χ3n) is 3.78. The zero-order valence-corrected chi connectivity index (χ0v) is 12.9. The molecular weight excluding hydrogens is 261 g/mol. The van der Waals surface area contributed by atoms with E-state index in [2.05, 4.69) is 43.4 Å². The van der Waals surface area contributed by atoms with Crippen LogP contribution in [0, 0.1) is 5.82 Å². The van der Waals surface area contributed by atoms with Crippen LogP contribution in [0.2, 0.25) is 0 Å². The number of aryl methyl sites for hydroxylation is 1. The topological polar surface area (TPSA) is 12.0 Å². The number of halogens is 1. The summed E-state index contributed by atoms with van der Waals surface area (Å²) in [6.45, 7) is 4.31. The van der Waals surface area contributed by atoms with Gasteiger partial charge in [0.05, 0.1) is 0 Å². The Morgan fingerprint density at radius 3 is 2.24 bits per heavy atom. The highest BCUT2D eigenvalue weighted by Crippen LogP contribution is 2.20. The van der Waals surface area contributed by atoms with E-state index in [9.17, 15) is 4.39 Å². The number of unbranched alkanes of at least 4 members (excludes halogenated alkanes) is 2. The SMILES string of the molecule is CCCCCc1ccc(NC(C)c2ccc(F)cc2)cc1. The Morgan fingerprint density at radius 1 is 0.952 bits per heavy atom. The quantitative estimate of drug-likeness (QED) is 0.640. The molecule has 0 fully saturated rings. The summed E-state index contributed by atoms with van der Waals surface area (Å²) in [4.78, 5) is 0. The minimum absolute atomic E-state index is 0.163. The minimum atomic E-state index is -0.192. The van der Waals surface area contributed by atoms with Gasteiger partial charge in [-0.25, -0.2) is 4.39 Å². The van der Waals surface area contributed by atoms with Crippen molar-refractivity contribution in [2.45, 2.75) is 45.6 Å². The zero-order valence-electron chi connectivity index (χ0n) is 12.9. The Bertz CT molecular complexity index is 530. The van der Waals surface area contributed by atoms with Gasteiger partial charge in [-0.05, 0) is 55.2 Å². The average Bonchev–Trinajstić information content (AvgIpc) is 2.50. The van der Waals surface area contributed by atoms with Crippen molar-refractivity contribution in [3.63, 3.8) is 0 Å². The van der Waals surface area contributed by atoms with Gasteiger partial charge < -0.3 is 5.32 Å². The Labute approximate surface area is 127 Å². The molecule has 112 valence electrons. The highest BCUT2D eigenvalue weighted by molar-refractivity contribution is 5.46. The van der Waals surface area contributed by atoms with E-state index in [1.807, 2.05) is 12.1 Å². The predicted molar refractivity (Wildman–Crippen MR) is 88.1 cm³/mol. The Hall–Kier alpha value is -1.83. The molecule has 1 nitrogen and oxygen atoms in total. The molecule has 0 radical (unpaired) electrons. The molecular formula is C19H24FN. The van der Waals surface area contributed by atoms with Crippen molar-refractivity contribution in [1.29, 1.82) is 0 Å². The second kappa shape index (κ2) is 7.82. The van der Waals surface area contributed by atoms with Crippen LogP contribution in [0.15, 0.2) is 48.5 Å². The van der Waals surface area contributed by atoms with E-state index in [0.29, 0.717) is 0 Å². The molecule has 0 saturated heterocycles. The van der Waals surface area contributed by atoms with Crippen molar-refractivity contribution < 1.29 is 4.39 Å². The highest BCUT2D eigenvalue weighted by atomic mass is 19.1. The summed E-state index contributed by atoms with van der Waals surface area (Å²) >= 11 is 0. The highest BCUT2D eigenvalue weighted by Gasteiger charge is 2.05. The molecule has 0 amide bonds. The Balaban J connectivity index is 1.91. The van der Waals surface area contributed by atoms with Gasteiger partial charge in [0.15, 0.2) is 0 Å². The fourth-order valence-electron chi connectivity index (χ4n) is 2.43. The molecule has 2 rings (SSSR count). The van der Waals surface area contributed by atoms with Gasteiger partial charge in [-0.1, -0.05) is 44.0 Å². The molecule has 1 atom stereocenters. The summed E-state index contributed by atoms with van der Waals surface area (Å²) in [6.07, 6.45) is 4.97. The molecule has 0 spiro atoms. The molecule has 0 saturated carbocycles. The van der Waals surface area contributed by atoms with E-state index < -0.39 is 0 Å². The first-order valence-corrected chi connectivity index (χ1v) is 7.80. The molecule has 0 heterocycles. The summed E-state index contributed by atoms with van der Waals surface area (Å²) in [5.41, 5.74) is 3.58. The van der Waals surface area contributed by atoms with Gasteiger partial charge in [0.25, 0.3) is 0 Å². The number of nitrogens with one attached hydrogen (secondary N) is 1. The third-order valence-corrected chi connectivity index (χ3v) is 3.78. The summed E-state index contributed by atoms with van der Waals surface area (Å²) in [7, 11) is 0. The van der Waals surface area contributed by atoms with Crippen LogP contribution < -0.4 is 5.32 Å². The maximum absolute atomic E-state index is 12.9. The molecule has 1 N–H and O–H groups in total. The van der Waals surface area contributed by atoms with Crippen LogP contribution in [-0.4, -0.2) is 0 Å². The first kappa shape index (κ1) is 15.6. The smallest absolute Gasteiger partial charge is 0.123 e. The van der Waals surface area contributed by atoms with E-state index in [1.54, 1.807) is 0 Å². The van der Waals surface area contributed by atoms with Crippen molar-refractivity contribution in [3.8, 4) is 0 Å². The second-order valence-corrected chi connectivity index (χ2v) is 5.57. The van der Waals surface area contributed by atoms with Crippen LogP contribution in [0.1, 0.15) is 50.3 Å². The number of benzene rings is 2. The zero-order chi connectivity index (χ0) is 15.1. The molecule has 2 aromatic carbocycles. The predicted octanol–water partition coefficient (Wildman–Crippen LogP) is 5.73. The van der Waals surface area contributed by atoms with Gasteiger partial charge >= 0.3 is 0 Å². The third kappa shape index (κ3) is 4.89. The largest absolute Gasteiger partial charge is 0.379 e. The maximum Gasteiger partial charge on any atom is 0.123 e. The van der Waals surface area contributed by atoms with Crippen molar-refractivity contribution in [1.82, 2.24) is 0 Å². The van der Waals surface area contributed by atoms with E-state index >= 15 is 0 Å². The molecule has 0 bridgehead atoms. The van der Waals surface area contributed by atoms with E-state index in [-0.39, 0.29) is 11.9 Å². The van der Waals surface area contributed by atoms with Crippen molar-refractivity contribution in [3.05, 3.63) is 65.5 Å². The van der Waals surface area contributed by atoms with E-state index in [1.165, 1.54) is 37.0 Å². The van der Waals surface area contributed by atoms with Gasteiger partial charge in [0.2, 0.25) is 0 Å². The van der Waals surface area contributed by atoms with E-state index in [0.717, 1.165) is 17.7 Å². The normalized spacial score (nSPS) is 12.1. The fourth-order valence-corrected chi connectivity index (χ4v) is 2.43. The van der Waals surface area contributed by atoms with Crippen LogP contribution in [0.3, 0.4) is 0 Å². The van der Waals surface area contributed by atoms with E-state index in [4.69, 9.17) is 0 Å². The summed E-state index contributed by atoms with van der Waals surface area (Å²) in [6, 6.07) is 15.5. The molecule has 0 aromatic heterocycles. The molecule has 21 heavy (non-hydrogen) atoms. The fraction of sp³-hybridized carbons (Fsp3) is 0.368. The standard InChI is InChI=1S/C19H24FN/c1-3-4-5-6-16-7-13-19(14-8-16)21-15(2)17-9-11-18(20)12-10-17/h7-15,21H,3-6H2,1-2H3. The lowest BCUT2D eigenvalue weighted by atomic mass is 10.1. The molecule has 2 aromatic rings. The Kier molecular flexibility index (Phi) is 5.79. The van der Waals surface area contributed by atoms with Gasteiger partial charge in [0.1, 0.15) is 5.82 Å². The number of hydrogen-bond acceptors (Lipinski definition) is 1. The van der Waals surface area contributed by atoms with Crippen LogP contribution in [0.5, 0.6) is 0 Å². The lowest BCUT2D eigenvalue weighted by Crippen LogP contribution is -2.06. The van der Waals surface area contributed by atoms with Crippen LogP contribution >= 0.6 is 0 Å². The van der Waals surface area contributed by atoms with Gasteiger partial charge in [-0.3, -0.25) is 0 Å². The minimum Gasteiger partial charge on any atom is -0.379 e. The summed E-state index contributed by atoms with van der Waals surface area (Å²) in [5, 5.41) is 3.45. The van der Waals surface area contributed by atoms with Crippen molar-refractivity contribution >= 4 is 5.69 Å². The van der Waals surface area contributed by atoms with Gasteiger partial charge in [-0.2, -0.15) is 0 Å². The lowest BCUT2D eigenvalue weighted by molar-refractivity contribution is 0.626. The molecule has 0 aliphatic heterocycles. The summed E-state index contributed by atoms with van der Waals surface area (Å²) in [5.74, 6) is -0.192. The first-order chi connectivity index (χ1) is 10.2. The van der Waals surface area contributed by atoms with Crippen LogP contribution in [-0.2, 0) is 6.42 Å². The number of anilines is 1. The molecule has 1 unspecified atom stereocenters. The molecule has 0 aliphatic rings. The van der Waals surface area contributed by atoms with Crippen molar-refractivity contribution in [2.24, 2.45) is 0 Å². The second-order valence-electron chi connectivity index (χ2n) is 5.57. The maximum atomic E-state index is 12.9. The monoisotopic (exact) mass is 285 g/mol. The van der Waals surface area contributed by atoms with Crippen LogP contribution in [0.25, 0.3) is 0 Å². The molecule has 0 aliphatic carbocycles. The van der Waals surface area contributed by atoms with Crippen LogP contribution in [0.4, 0.5) is 10.1 Å². The Morgan fingerprint density at radius 2 is 1.62 bits per heavy atom. The number of hydrogen-bond donors (Lipinski definition) is 1. The van der Waals surface area contributed by atoms with Gasteiger partial charge in [0, 0.05) is 11.7 Å².